The molecule has 0 atom stereocenters. The van der Waals surface area contributed by atoms with Crippen molar-refractivity contribution in [1.29, 1.82) is 0 Å². The van der Waals surface area contributed by atoms with Gasteiger partial charge in [0.2, 0.25) is 0 Å². The van der Waals surface area contributed by atoms with E-state index in [1.165, 1.54) is 12.2 Å². The fourth-order valence-electron chi connectivity index (χ4n) is 3.03. The summed E-state index contributed by atoms with van der Waals surface area (Å²) in [5.41, 5.74) is 1.83. The molecule has 0 bridgehead atoms. The van der Waals surface area contributed by atoms with E-state index in [0.29, 0.717) is 25.5 Å². The van der Waals surface area contributed by atoms with Gasteiger partial charge in [0, 0.05) is 20.0 Å². The molecule has 0 fully saturated rings. The summed E-state index contributed by atoms with van der Waals surface area (Å²) < 4.78 is 4.96. The van der Waals surface area contributed by atoms with Gasteiger partial charge in [0.25, 0.3) is 0 Å². The molecule has 0 aromatic heterocycles. The van der Waals surface area contributed by atoms with Crippen LogP contribution in [0.25, 0.3) is 0 Å². The Kier molecular flexibility index (Phi) is 7.35. The molecule has 0 spiro atoms. The molecule has 0 aliphatic carbocycles. The number of primary amides is 1. The molecule has 2 aliphatic rings. The summed E-state index contributed by atoms with van der Waals surface area (Å²) in [6.45, 7) is 3.94. The van der Waals surface area contributed by atoms with Gasteiger partial charge in [-0.15, -0.1) is 0 Å². The van der Waals surface area contributed by atoms with E-state index < -0.39 is 0 Å². The Balaban J connectivity index is 0.00000243. The summed E-state index contributed by atoms with van der Waals surface area (Å²) in [6, 6.07) is 10.1. The second kappa shape index (κ2) is 9.49. The molecule has 2 aliphatic heterocycles. The second-order valence-corrected chi connectivity index (χ2v) is 6.12. The molecule has 1 aromatic carbocycles. The Morgan fingerprint density at radius 3 is 2.73 bits per heavy atom. The topological polar surface area (TPSA) is 78.8 Å². The molecule has 2 heterocycles. The van der Waals surface area contributed by atoms with Crippen LogP contribution in [0, 0.1) is 0 Å². The fourth-order valence-corrected chi connectivity index (χ4v) is 3.03. The predicted molar refractivity (Wildman–Crippen MR) is 91.9 cm³/mol. The van der Waals surface area contributed by atoms with Gasteiger partial charge in [0.1, 0.15) is 0 Å². The average Bonchev–Trinajstić information content (AvgIpc) is 2.94. The highest BCUT2D eigenvalue weighted by atomic mass is 79.9. The third-order valence-electron chi connectivity index (χ3n) is 4.17. The number of nitrogens with zero attached hydrogens (tertiary/aromatic N) is 3. The minimum Gasteiger partial charge on any atom is -1.00 e. The van der Waals surface area contributed by atoms with E-state index in [-0.39, 0.29) is 28.9 Å². The number of quaternary nitrogens is 1. The maximum Gasteiger partial charge on any atom is 0.368 e. The van der Waals surface area contributed by atoms with Crippen molar-refractivity contribution in [2.45, 2.75) is 26.3 Å². The van der Waals surface area contributed by atoms with Crippen molar-refractivity contribution in [3.63, 3.8) is 0 Å². The summed E-state index contributed by atoms with van der Waals surface area (Å²) in [7, 11) is 0. The number of rotatable bonds is 7. The molecule has 3 rings (SSSR count). The van der Waals surface area contributed by atoms with E-state index in [4.69, 9.17) is 4.74 Å². The minimum atomic E-state index is -0.252. The Bertz CT molecular complexity index is 706. The molecule has 7 nitrogen and oxygen atoms in total. The highest BCUT2D eigenvalue weighted by Crippen LogP contribution is 2.27. The maximum atomic E-state index is 12.3. The molecular weight excluding hydrogens is 400 g/mol. The fraction of sp³-hybridized carbons (Fsp3) is 0.389. The summed E-state index contributed by atoms with van der Waals surface area (Å²) in [6.07, 6.45) is 3.23. The molecule has 0 saturated carbocycles. The van der Waals surface area contributed by atoms with Crippen molar-refractivity contribution >= 4 is 18.2 Å². The number of amides is 1. The normalized spacial score (nSPS) is 15.8. The van der Waals surface area contributed by atoms with Crippen molar-refractivity contribution < 1.29 is 36.6 Å². The molecule has 26 heavy (non-hydrogen) atoms. The molecular formula is C18H23BrN4O3. The lowest BCUT2D eigenvalue weighted by Gasteiger charge is -2.22. The lowest BCUT2D eigenvalue weighted by atomic mass is 10.2. The van der Waals surface area contributed by atoms with E-state index >= 15 is 0 Å². The highest BCUT2D eigenvalue weighted by Gasteiger charge is 2.37. The zero-order valence-corrected chi connectivity index (χ0v) is 16.3. The molecule has 140 valence electrons. The SMILES string of the molecule is CC(=O)OCCCCN1CN(Cc2ccccc2)C2=C1N=C[NH2+]C2=O.[Br-]. The Labute approximate surface area is 163 Å². The predicted octanol–water partition coefficient (Wildman–Crippen LogP) is -2.59. The van der Waals surface area contributed by atoms with Crippen molar-refractivity contribution in [1.82, 2.24) is 9.80 Å². The van der Waals surface area contributed by atoms with Crippen LogP contribution >= 0.6 is 0 Å². The number of benzene rings is 1. The standard InChI is InChI=1S/C18H22N4O3.BrH/c1-14(23)25-10-6-5-9-21-13-22(11-15-7-3-2-4-8-15)16-17(21)19-12-20-18(16)24;/h2-4,7-8,12H,5-6,9-11,13H2,1H3,(H,19,20,24);1H. The molecule has 0 unspecified atom stereocenters. The van der Waals surface area contributed by atoms with E-state index in [0.717, 1.165) is 30.8 Å². The number of aliphatic imine (C=N–C) groups is 1. The van der Waals surface area contributed by atoms with Gasteiger partial charge >= 0.3 is 11.9 Å². The monoisotopic (exact) mass is 422 g/mol. The van der Waals surface area contributed by atoms with Crippen LogP contribution in [0.15, 0.2) is 46.8 Å². The Hall–Kier alpha value is -2.19. The van der Waals surface area contributed by atoms with Gasteiger partial charge < -0.3 is 31.5 Å². The van der Waals surface area contributed by atoms with E-state index in [1.54, 1.807) is 6.34 Å². The van der Waals surface area contributed by atoms with E-state index in [2.05, 4.69) is 26.9 Å². The van der Waals surface area contributed by atoms with Crippen LogP contribution in [0.2, 0.25) is 0 Å². The number of hydrogen-bond donors (Lipinski definition) is 1. The molecule has 1 amide bonds. The Morgan fingerprint density at radius 2 is 2.00 bits per heavy atom. The number of unbranched alkanes of at least 4 members (excludes halogenated alkanes) is 1. The third-order valence-corrected chi connectivity index (χ3v) is 4.17. The lowest BCUT2D eigenvalue weighted by molar-refractivity contribution is -0.441. The first-order valence-corrected chi connectivity index (χ1v) is 8.48. The molecule has 0 radical (unpaired) electrons. The third kappa shape index (κ3) is 4.92. The highest BCUT2D eigenvalue weighted by molar-refractivity contribution is 5.91. The van der Waals surface area contributed by atoms with Gasteiger partial charge in [-0.3, -0.25) is 4.79 Å². The summed E-state index contributed by atoms with van der Waals surface area (Å²) in [4.78, 5) is 31.8. The van der Waals surface area contributed by atoms with Gasteiger partial charge in [-0.2, -0.15) is 4.99 Å². The van der Waals surface area contributed by atoms with Crippen LogP contribution in [0.5, 0.6) is 0 Å². The number of ether oxygens (including phenoxy) is 1. The van der Waals surface area contributed by atoms with Gasteiger partial charge in [-0.25, -0.2) is 10.1 Å². The van der Waals surface area contributed by atoms with E-state index in [9.17, 15) is 9.59 Å². The van der Waals surface area contributed by atoms with Crippen molar-refractivity contribution in [2.75, 3.05) is 19.8 Å². The minimum absolute atomic E-state index is 0. The van der Waals surface area contributed by atoms with Crippen LogP contribution in [-0.4, -0.2) is 47.8 Å². The average molecular weight is 423 g/mol. The number of esters is 1. The second-order valence-electron chi connectivity index (χ2n) is 6.12. The lowest BCUT2D eigenvalue weighted by Crippen LogP contribution is -3.00. The van der Waals surface area contributed by atoms with Gasteiger partial charge in [0.05, 0.1) is 13.3 Å². The Morgan fingerprint density at radius 1 is 1.23 bits per heavy atom. The zero-order chi connectivity index (χ0) is 17.6. The molecule has 0 saturated heterocycles. The molecule has 8 heteroatoms. The number of carbonyl (C=O) groups excluding carboxylic acids is 2. The van der Waals surface area contributed by atoms with Gasteiger partial charge in [-0.1, -0.05) is 30.3 Å². The summed E-state index contributed by atoms with van der Waals surface area (Å²) in [5.74, 6) is 0.498. The molecule has 1 aromatic rings. The van der Waals surface area contributed by atoms with Crippen molar-refractivity contribution in [3.8, 4) is 0 Å². The quantitative estimate of drug-likeness (QED) is 0.385. The molecule has 2 N–H and O–H groups in total. The van der Waals surface area contributed by atoms with Crippen molar-refractivity contribution in [2.24, 2.45) is 4.99 Å². The summed E-state index contributed by atoms with van der Waals surface area (Å²) >= 11 is 0. The first-order valence-electron chi connectivity index (χ1n) is 8.48. The van der Waals surface area contributed by atoms with Crippen molar-refractivity contribution in [3.05, 3.63) is 47.4 Å². The number of nitrogens with two attached hydrogens (primary N) is 1. The number of halogens is 1. The van der Waals surface area contributed by atoms with E-state index in [1.807, 2.05) is 18.2 Å². The first kappa shape index (κ1) is 20.1. The smallest absolute Gasteiger partial charge is 0.368 e. The van der Waals surface area contributed by atoms with Crippen LogP contribution in [0.1, 0.15) is 25.3 Å². The van der Waals surface area contributed by atoms with Crippen LogP contribution < -0.4 is 22.3 Å². The number of carbonyl (C=O) groups is 2. The first-order chi connectivity index (χ1) is 12.1. The van der Waals surface area contributed by atoms with Gasteiger partial charge in [-0.05, 0) is 18.4 Å². The van der Waals surface area contributed by atoms with Gasteiger partial charge in [0.15, 0.2) is 17.9 Å². The largest absolute Gasteiger partial charge is 1.00 e. The number of hydrogen-bond acceptors (Lipinski definition) is 6. The van der Waals surface area contributed by atoms with Crippen LogP contribution in [-0.2, 0) is 20.9 Å². The maximum absolute atomic E-state index is 12.3. The zero-order valence-electron chi connectivity index (χ0n) is 14.7. The van der Waals surface area contributed by atoms with Crippen LogP contribution in [0.3, 0.4) is 0 Å². The van der Waals surface area contributed by atoms with Crippen LogP contribution in [0.4, 0.5) is 0 Å². The summed E-state index contributed by atoms with van der Waals surface area (Å²) in [5, 5.41) is 1.51.